The number of rotatable bonds is 2. The van der Waals surface area contributed by atoms with Crippen LogP contribution in [0.3, 0.4) is 0 Å². The van der Waals surface area contributed by atoms with Gasteiger partial charge in [-0.15, -0.1) is 0 Å². The molecule has 1 aliphatic rings. The van der Waals surface area contributed by atoms with Gasteiger partial charge in [-0.3, -0.25) is 0 Å². The van der Waals surface area contributed by atoms with Crippen LogP contribution >= 0.6 is 10.7 Å². The molecule has 66 valence electrons. The third-order valence-electron chi connectivity index (χ3n) is 1.58. The normalized spacial score (nSPS) is 32.8. The molecule has 0 radical (unpaired) electrons. The van der Waals surface area contributed by atoms with Crippen LogP contribution in [0.2, 0.25) is 0 Å². The van der Waals surface area contributed by atoms with E-state index in [1.165, 1.54) is 0 Å². The SMILES string of the molecule is [2H]C([2H])([2H])O[C@@H]1CCN(S(=O)(=O)Cl)C1. The summed E-state index contributed by atoms with van der Waals surface area (Å²) in [5, 5.41) is 0. The zero-order valence-corrected chi connectivity index (χ0v) is 7.23. The average Bonchev–Trinajstić information content (AvgIpc) is 2.29. The van der Waals surface area contributed by atoms with Crippen LogP contribution in [0, 0.1) is 0 Å². The number of ether oxygens (including phenoxy) is 1. The summed E-state index contributed by atoms with van der Waals surface area (Å²) in [7, 11) is -1.16. The lowest BCUT2D eigenvalue weighted by atomic mass is 10.3. The molecule has 0 aromatic carbocycles. The first-order chi connectivity index (χ1) is 6.18. The van der Waals surface area contributed by atoms with Crippen LogP contribution in [0.5, 0.6) is 0 Å². The molecule has 1 aliphatic heterocycles. The van der Waals surface area contributed by atoms with E-state index in [0.29, 0.717) is 6.42 Å². The highest BCUT2D eigenvalue weighted by Gasteiger charge is 2.29. The molecular formula is C5H10ClNO3S. The fourth-order valence-corrected chi connectivity index (χ4v) is 2.04. The van der Waals surface area contributed by atoms with Gasteiger partial charge >= 0.3 is 0 Å². The van der Waals surface area contributed by atoms with Crippen molar-refractivity contribution in [3.63, 3.8) is 0 Å². The Balaban J connectivity index is 2.51. The smallest absolute Gasteiger partial charge is 0.299 e. The Morgan fingerprint density at radius 1 is 1.82 bits per heavy atom. The molecule has 6 heteroatoms. The van der Waals surface area contributed by atoms with Gasteiger partial charge in [0.2, 0.25) is 0 Å². The van der Waals surface area contributed by atoms with E-state index in [1.54, 1.807) is 0 Å². The van der Waals surface area contributed by atoms with Gasteiger partial charge in [0.25, 0.3) is 9.24 Å². The van der Waals surface area contributed by atoms with Crippen molar-refractivity contribution in [2.75, 3.05) is 20.1 Å². The molecule has 1 atom stereocenters. The van der Waals surface area contributed by atoms with Crippen LogP contribution < -0.4 is 0 Å². The maximum Gasteiger partial charge on any atom is 0.299 e. The first kappa shape index (κ1) is 5.75. The molecule has 11 heavy (non-hydrogen) atoms. The Morgan fingerprint density at radius 3 is 3.00 bits per heavy atom. The first-order valence-electron chi connectivity index (χ1n) is 4.56. The number of hydrogen-bond donors (Lipinski definition) is 0. The van der Waals surface area contributed by atoms with Crippen molar-refractivity contribution in [3.8, 4) is 0 Å². The Kier molecular flexibility index (Phi) is 1.71. The summed E-state index contributed by atoms with van der Waals surface area (Å²) in [4.78, 5) is 0. The molecule has 4 nitrogen and oxygen atoms in total. The molecule has 1 saturated heterocycles. The van der Waals surface area contributed by atoms with E-state index in [9.17, 15) is 8.42 Å². The van der Waals surface area contributed by atoms with Gasteiger partial charge in [-0.25, -0.2) is 0 Å². The van der Waals surface area contributed by atoms with Crippen molar-refractivity contribution in [2.24, 2.45) is 0 Å². The third kappa shape index (κ3) is 2.30. The maximum absolute atomic E-state index is 10.8. The Morgan fingerprint density at radius 2 is 2.55 bits per heavy atom. The second kappa shape index (κ2) is 3.26. The lowest BCUT2D eigenvalue weighted by Crippen LogP contribution is -2.25. The van der Waals surface area contributed by atoms with Crippen LogP contribution in [0.4, 0.5) is 0 Å². The van der Waals surface area contributed by atoms with E-state index in [2.05, 4.69) is 4.74 Å². The van der Waals surface area contributed by atoms with Crippen molar-refractivity contribution in [1.29, 1.82) is 0 Å². The molecule has 0 saturated carbocycles. The van der Waals surface area contributed by atoms with Crippen molar-refractivity contribution in [3.05, 3.63) is 0 Å². The zero-order chi connectivity index (χ0) is 11.0. The zero-order valence-electron chi connectivity index (χ0n) is 8.66. The van der Waals surface area contributed by atoms with Gasteiger partial charge in [0.05, 0.1) is 10.2 Å². The van der Waals surface area contributed by atoms with Crippen molar-refractivity contribution in [2.45, 2.75) is 12.5 Å². The lowest BCUT2D eigenvalue weighted by Gasteiger charge is -2.09. The topological polar surface area (TPSA) is 46.6 Å². The molecule has 1 heterocycles. The van der Waals surface area contributed by atoms with E-state index in [0.717, 1.165) is 4.31 Å². The van der Waals surface area contributed by atoms with E-state index in [1.807, 2.05) is 0 Å². The van der Waals surface area contributed by atoms with E-state index in [4.69, 9.17) is 14.8 Å². The van der Waals surface area contributed by atoms with Gasteiger partial charge in [-0.1, -0.05) is 0 Å². The Bertz CT molecular complexity index is 304. The van der Waals surface area contributed by atoms with Gasteiger partial charge in [0, 0.05) is 30.8 Å². The van der Waals surface area contributed by atoms with Crippen molar-refractivity contribution in [1.82, 2.24) is 4.31 Å². The molecule has 0 amide bonds. The highest BCUT2D eigenvalue weighted by atomic mass is 35.7. The highest BCUT2D eigenvalue weighted by molar-refractivity contribution is 8.11. The monoisotopic (exact) mass is 202 g/mol. The van der Waals surface area contributed by atoms with Crippen LogP contribution in [-0.4, -0.2) is 39.0 Å². The van der Waals surface area contributed by atoms with Crippen LogP contribution in [-0.2, 0) is 14.0 Å². The Labute approximate surface area is 74.8 Å². The van der Waals surface area contributed by atoms with Crippen LogP contribution in [0.15, 0.2) is 0 Å². The predicted octanol–water partition coefficient (Wildman–Crippen LogP) is 0.191. The van der Waals surface area contributed by atoms with Gasteiger partial charge in [-0.05, 0) is 6.42 Å². The largest absolute Gasteiger partial charge is 0.380 e. The van der Waals surface area contributed by atoms with Crippen molar-refractivity contribution >= 4 is 19.9 Å². The van der Waals surface area contributed by atoms with Gasteiger partial charge in [-0.2, -0.15) is 12.7 Å². The lowest BCUT2D eigenvalue weighted by molar-refractivity contribution is 0.115. The summed E-state index contributed by atoms with van der Waals surface area (Å²) in [6.07, 6.45) is -0.249. The van der Waals surface area contributed by atoms with Crippen molar-refractivity contribution < 1.29 is 17.3 Å². The predicted molar refractivity (Wildman–Crippen MR) is 41.8 cm³/mol. The minimum atomic E-state index is -3.75. The maximum atomic E-state index is 10.8. The number of halogens is 1. The highest BCUT2D eigenvalue weighted by Crippen LogP contribution is 2.17. The van der Waals surface area contributed by atoms with Gasteiger partial charge < -0.3 is 4.74 Å². The summed E-state index contributed by atoms with van der Waals surface area (Å²) in [5.41, 5.74) is 0. The first-order valence-corrected chi connectivity index (χ1v) is 5.33. The summed E-state index contributed by atoms with van der Waals surface area (Å²) < 4.78 is 47.8. The summed E-state index contributed by atoms with van der Waals surface area (Å²) in [6, 6.07) is 0. The van der Waals surface area contributed by atoms with E-state index >= 15 is 0 Å². The summed E-state index contributed by atoms with van der Waals surface area (Å²) in [5.74, 6) is 0. The number of nitrogens with zero attached hydrogens (tertiary/aromatic N) is 1. The number of hydrogen-bond acceptors (Lipinski definition) is 3. The molecule has 0 N–H and O–H groups in total. The molecule has 1 rings (SSSR count). The second-order valence-electron chi connectivity index (χ2n) is 2.33. The Hall–Kier alpha value is 0.160. The van der Waals surface area contributed by atoms with Crippen LogP contribution in [0.1, 0.15) is 10.5 Å². The molecule has 0 spiro atoms. The molecule has 0 bridgehead atoms. The molecule has 0 aliphatic carbocycles. The average molecular weight is 203 g/mol. The summed E-state index contributed by atoms with van der Waals surface area (Å²) in [6.45, 7) is 0.205. The fourth-order valence-electron chi connectivity index (χ4n) is 0.992. The van der Waals surface area contributed by atoms with E-state index in [-0.39, 0.29) is 13.1 Å². The fraction of sp³-hybridized carbons (Fsp3) is 1.00. The third-order valence-corrected chi connectivity index (χ3v) is 3.12. The van der Waals surface area contributed by atoms with Crippen LogP contribution in [0.25, 0.3) is 0 Å². The minimum Gasteiger partial charge on any atom is -0.380 e. The molecule has 0 aromatic heterocycles. The van der Waals surface area contributed by atoms with E-state index < -0.39 is 22.4 Å². The molecular weight excluding hydrogens is 190 g/mol. The number of methoxy groups -OCH3 is 1. The molecule has 0 unspecified atom stereocenters. The quantitative estimate of drug-likeness (QED) is 0.601. The summed E-state index contributed by atoms with van der Waals surface area (Å²) >= 11 is 0. The second-order valence-corrected chi connectivity index (χ2v) is 4.84. The standard InChI is InChI=1S/C5H10ClNO3S/c1-10-5-2-3-7(4-5)11(6,8)9/h5H,2-4H2,1H3/t5-/m1/s1/i1D3. The van der Waals surface area contributed by atoms with Gasteiger partial charge in [0.1, 0.15) is 0 Å². The molecule has 0 aromatic rings. The minimum absolute atomic E-state index is 0.00419. The van der Waals surface area contributed by atoms with Gasteiger partial charge in [0.15, 0.2) is 0 Å². The molecule has 1 fully saturated rings.